The molecule has 21 heavy (non-hydrogen) atoms. The van der Waals surface area contributed by atoms with Gasteiger partial charge in [-0.1, -0.05) is 18.2 Å². The van der Waals surface area contributed by atoms with Gasteiger partial charge in [-0.3, -0.25) is 19.7 Å². The summed E-state index contributed by atoms with van der Waals surface area (Å²) in [6.07, 6.45) is 2.60. The number of nitrogens with one attached hydrogen (secondary N) is 3. The molecule has 1 aromatic carbocycles. The summed E-state index contributed by atoms with van der Waals surface area (Å²) in [7, 11) is 0. The lowest BCUT2D eigenvalue weighted by Crippen LogP contribution is -2.52. The zero-order valence-corrected chi connectivity index (χ0v) is 11.3. The van der Waals surface area contributed by atoms with Gasteiger partial charge < -0.3 is 10.3 Å². The molecular formula is C15H15N3O3. The van der Waals surface area contributed by atoms with E-state index in [0.29, 0.717) is 6.42 Å². The van der Waals surface area contributed by atoms with Gasteiger partial charge in [0.15, 0.2) is 0 Å². The number of hydrogen-bond acceptors (Lipinski definition) is 3. The van der Waals surface area contributed by atoms with Crippen LogP contribution in [-0.2, 0) is 20.8 Å². The molecule has 108 valence electrons. The molecule has 1 aliphatic rings. The number of rotatable bonds is 3. The fourth-order valence-corrected chi connectivity index (χ4v) is 2.53. The first kappa shape index (κ1) is 13.4. The van der Waals surface area contributed by atoms with E-state index in [9.17, 15) is 14.4 Å². The number of benzene rings is 1. The van der Waals surface area contributed by atoms with E-state index < -0.39 is 11.9 Å². The maximum absolute atomic E-state index is 12.1. The van der Waals surface area contributed by atoms with Crippen LogP contribution in [0.3, 0.4) is 0 Å². The van der Waals surface area contributed by atoms with Crippen molar-refractivity contribution in [1.82, 2.24) is 15.6 Å². The summed E-state index contributed by atoms with van der Waals surface area (Å²) in [5.41, 5.74) is 1.86. The maximum atomic E-state index is 12.1. The minimum absolute atomic E-state index is 0.196. The van der Waals surface area contributed by atoms with Gasteiger partial charge in [0, 0.05) is 23.5 Å². The van der Waals surface area contributed by atoms with Gasteiger partial charge in [0.05, 0.1) is 6.42 Å². The average Bonchev–Trinajstić information content (AvgIpc) is 2.85. The van der Waals surface area contributed by atoms with Crippen molar-refractivity contribution >= 4 is 28.6 Å². The molecular weight excluding hydrogens is 270 g/mol. The second kappa shape index (κ2) is 5.40. The van der Waals surface area contributed by atoms with Gasteiger partial charge in [0.2, 0.25) is 17.7 Å². The monoisotopic (exact) mass is 285 g/mol. The predicted octanol–water partition coefficient (Wildman–Crippen LogP) is 0.632. The van der Waals surface area contributed by atoms with Crippen molar-refractivity contribution in [3.8, 4) is 0 Å². The van der Waals surface area contributed by atoms with Crippen LogP contribution < -0.4 is 10.6 Å². The van der Waals surface area contributed by atoms with E-state index in [0.717, 1.165) is 16.5 Å². The molecule has 3 N–H and O–H groups in total. The molecule has 1 unspecified atom stereocenters. The fourth-order valence-electron chi connectivity index (χ4n) is 2.53. The van der Waals surface area contributed by atoms with Crippen LogP contribution >= 0.6 is 0 Å². The third-order valence-corrected chi connectivity index (χ3v) is 3.60. The topological polar surface area (TPSA) is 91.1 Å². The summed E-state index contributed by atoms with van der Waals surface area (Å²) in [5, 5.41) is 5.90. The summed E-state index contributed by atoms with van der Waals surface area (Å²) < 4.78 is 0. The standard InChI is InChI=1S/C15H15N3O3/c19-13-6-5-12(15(21)18-13)17-14(20)7-9-8-16-11-4-2-1-3-10(9)11/h1-4,8,12,16H,5-7H2,(H,17,20)(H,18,19,21). The Bertz CT molecular complexity index is 720. The van der Waals surface area contributed by atoms with E-state index in [1.165, 1.54) is 0 Å². The number of aromatic nitrogens is 1. The second-order valence-electron chi connectivity index (χ2n) is 5.11. The summed E-state index contributed by atoms with van der Waals surface area (Å²) in [4.78, 5) is 37.8. The van der Waals surface area contributed by atoms with Crippen molar-refractivity contribution in [3.05, 3.63) is 36.0 Å². The van der Waals surface area contributed by atoms with Gasteiger partial charge in [-0.2, -0.15) is 0 Å². The molecule has 0 spiro atoms. The van der Waals surface area contributed by atoms with Crippen molar-refractivity contribution < 1.29 is 14.4 Å². The first-order valence-corrected chi connectivity index (χ1v) is 6.81. The molecule has 6 heteroatoms. The van der Waals surface area contributed by atoms with Crippen LogP contribution in [0.25, 0.3) is 10.9 Å². The summed E-state index contributed by atoms with van der Waals surface area (Å²) in [5.74, 6) is -0.949. The lowest BCUT2D eigenvalue weighted by Gasteiger charge is -2.21. The van der Waals surface area contributed by atoms with Gasteiger partial charge in [-0.25, -0.2) is 0 Å². The molecule has 1 aliphatic heterocycles. The molecule has 1 fully saturated rings. The maximum Gasteiger partial charge on any atom is 0.249 e. The van der Waals surface area contributed by atoms with Gasteiger partial charge in [-0.15, -0.1) is 0 Å². The molecule has 1 aromatic heterocycles. The van der Waals surface area contributed by atoms with Gasteiger partial charge >= 0.3 is 0 Å². The Kier molecular flexibility index (Phi) is 3.43. The molecule has 0 radical (unpaired) electrons. The highest BCUT2D eigenvalue weighted by molar-refractivity contribution is 6.02. The van der Waals surface area contributed by atoms with Crippen molar-refractivity contribution in [2.24, 2.45) is 0 Å². The van der Waals surface area contributed by atoms with E-state index in [1.807, 2.05) is 24.3 Å². The molecule has 1 atom stereocenters. The Morgan fingerprint density at radius 1 is 1.29 bits per heavy atom. The fraction of sp³-hybridized carbons (Fsp3) is 0.267. The molecule has 2 heterocycles. The number of amides is 3. The molecule has 3 amide bonds. The van der Waals surface area contributed by atoms with E-state index in [2.05, 4.69) is 15.6 Å². The quantitative estimate of drug-likeness (QED) is 0.722. The van der Waals surface area contributed by atoms with E-state index >= 15 is 0 Å². The van der Waals surface area contributed by atoms with Gasteiger partial charge in [-0.05, 0) is 18.1 Å². The summed E-state index contributed by atoms with van der Waals surface area (Å²) >= 11 is 0. The number of aromatic amines is 1. The van der Waals surface area contributed by atoms with Crippen LogP contribution in [-0.4, -0.2) is 28.7 Å². The number of piperidine rings is 1. The van der Waals surface area contributed by atoms with E-state index in [-0.39, 0.29) is 24.7 Å². The number of carbonyl (C=O) groups is 3. The number of H-pyrrole nitrogens is 1. The number of hydrogen-bond donors (Lipinski definition) is 3. The van der Waals surface area contributed by atoms with Crippen LogP contribution in [0.15, 0.2) is 30.5 Å². The van der Waals surface area contributed by atoms with E-state index in [1.54, 1.807) is 6.20 Å². The Balaban J connectivity index is 1.67. The molecule has 0 saturated carbocycles. The largest absolute Gasteiger partial charge is 0.361 e. The first-order valence-electron chi connectivity index (χ1n) is 6.81. The van der Waals surface area contributed by atoms with Gasteiger partial charge in [0.1, 0.15) is 6.04 Å². The Labute approximate surface area is 120 Å². The SMILES string of the molecule is O=C1CCC(NC(=O)Cc2c[nH]c3ccccc23)C(=O)N1. The van der Waals surface area contributed by atoms with Crippen molar-refractivity contribution in [3.63, 3.8) is 0 Å². The minimum atomic E-state index is -0.625. The molecule has 0 bridgehead atoms. The number of imide groups is 1. The summed E-state index contributed by atoms with van der Waals surface area (Å²) in [6.45, 7) is 0. The average molecular weight is 285 g/mol. The van der Waals surface area contributed by atoms with Crippen LogP contribution in [0.5, 0.6) is 0 Å². The number of fused-ring (bicyclic) bond motifs is 1. The third-order valence-electron chi connectivity index (χ3n) is 3.60. The number of carbonyl (C=O) groups excluding carboxylic acids is 3. The molecule has 2 aromatic rings. The molecule has 6 nitrogen and oxygen atoms in total. The smallest absolute Gasteiger partial charge is 0.249 e. The lowest BCUT2D eigenvalue weighted by molar-refractivity contribution is -0.137. The minimum Gasteiger partial charge on any atom is -0.361 e. The third kappa shape index (κ3) is 2.79. The Morgan fingerprint density at radius 2 is 2.10 bits per heavy atom. The highest BCUT2D eigenvalue weighted by Crippen LogP contribution is 2.18. The Hall–Kier alpha value is -2.63. The molecule has 3 rings (SSSR count). The first-order chi connectivity index (χ1) is 10.1. The van der Waals surface area contributed by atoms with E-state index in [4.69, 9.17) is 0 Å². The van der Waals surface area contributed by atoms with Gasteiger partial charge in [0.25, 0.3) is 0 Å². The zero-order valence-electron chi connectivity index (χ0n) is 11.3. The van der Waals surface area contributed by atoms with Crippen molar-refractivity contribution in [2.45, 2.75) is 25.3 Å². The normalized spacial score (nSPS) is 18.6. The van der Waals surface area contributed by atoms with Crippen molar-refractivity contribution in [1.29, 1.82) is 0 Å². The predicted molar refractivity (Wildman–Crippen MR) is 76.3 cm³/mol. The number of para-hydroxylation sites is 1. The van der Waals surface area contributed by atoms with Crippen LogP contribution in [0.1, 0.15) is 18.4 Å². The second-order valence-corrected chi connectivity index (χ2v) is 5.11. The van der Waals surface area contributed by atoms with Crippen LogP contribution in [0, 0.1) is 0 Å². The van der Waals surface area contributed by atoms with Crippen LogP contribution in [0.4, 0.5) is 0 Å². The highest BCUT2D eigenvalue weighted by atomic mass is 16.2. The molecule has 1 saturated heterocycles. The summed E-state index contributed by atoms with van der Waals surface area (Å²) in [6, 6.07) is 7.10. The van der Waals surface area contributed by atoms with Crippen LogP contribution in [0.2, 0.25) is 0 Å². The Morgan fingerprint density at radius 3 is 2.90 bits per heavy atom. The highest BCUT2D eigenvalue weighted by Gasteiger charge is 2.27. The molecule has 0 aliphatic carbocycles. The van der Waals surface area contributed by atoms with Crippen molar-refractivity contribution in [2.75, 3.05) is 0 Å². The zero-order chi connectivity index (χ0) is 14.8. The lowest BCUT2D eigenvalue weighted by atomic mass is 10.1.